The number of nitrogens with zero attached hydrogens (tertiary/aromatic N) is 4. The summed E-state index contributed by atoms with van der Waals surface area (Å²) >= 11 is 0. The Hall–Kier alpha value is -1.12. The smallest absolute Gasteiger partial charge is 0.392 e. The van der Waals surface area contributed by atoms with E-state index in [-0.39, 0.29) is 6.10 Å². The van der Waals surface area contributed by atoms with Gasteiger partial charge >= 0.3 is 6.18 Å². The first kappa shape index (κ1) is 18.2. The molecule has 0 saturated carbocycles. The predicted molar refractivity (Wildman–Crippen MR) is 80.9 cm³/mol. The lowest BCUT2D eigenvalue weighted by molar-refractivity contribution is -0.141. The van der Waals surface area contributed by atoms with Crippen molar-refractivity contribution in [1.29, 1.82) is 0 Å². The number of halogens is 3. The number of imidazole rings is 1. The van der Waals surface area contributed by atoms with Gasteiger partial charge in [-0.2, -0.15) is 13.2 Å². The summed E-state index contributed by atoms with van der Waals surface area (Å²) in [6.07, 6.45) is -0.870. The number of β-amino-alcohol motifs (C(OH)–C–C–N with tert-alkyl or cyclic N) is 1. The minimum absolute atomic E-state index is 0.310. The fraction of sp³-hybridized carbons (Fsp3) is 0.800. The average molecular weight is 334 g/mol. The van der Waals surface area contributed by atoms with Crippen LogP contribution in [-0.2, 0) is 13.1 Å². The lowest BCUT2D eigenvalue weighted by Crippen LogP contribution is -2.54. The first-order valence-corrected chi connectivity index (χ1v) is 7.99. The van der Waals surface area contributed by atoms with Crippen molar-refractivity contribution in [2.45, 2.75) is 51.7 Å². The third-order valence-corrected chi connectivity index (χ3v) is 4.18. The van der Waals surface area contributed by atoms with E-state index in [2.05, 4.69) is 21.7 Å². The first-order chi connectivity index (χ1) is 10.8. The summed E-state index contributed by atoms with van der Waals surface area (Å²) in [6.45, 7) is 6.27. The molecule has 1 aliphatic heterocycles. The average Bonchev–Trinajstić information content (AvgIpc) is 2.85. The number of piperazine rings is 1. The van der Waals surface area contributed by atoms with E-state index in [1.807, 2.05) is 0 Å². The molecule has 0 spiro atoms. The van der Waals surface area contributed by atoms with Gasteiger partial charge in [-0.05, 0) is 13.3 Å². The summed E-state index contributed by atoms with van der Waals surface area (Å²) in [4.78, 5) is 8.47. The molecule has 2 heterocycles. The Kier molecular flexibility index (Phi) is 6.05. The Morgan fingerprint density at radius 1 is 1.39 bits per heavy atom. The highest BCUT2D eigenvalue weighted by atomic mass is 19.4. The van der Waals surface area contributed by atoms with E-state index in [0.717, 1.165) is 26.1 Å². The Bertz CT molecular complexity index is 489. The lowest BCUT2D eigenvalue weighted by atomic mass is 10.1. The molecule has 8 heteroatoms. The molecule has 0 bridgehead atoms. The molecule has 1 fully saturated rings. The molecule has 0 aliphatic carbocycles. The van der Waals surface area contributed by atoms with Gasteiger partial charge in [0.2, 0.25) is 0 Å². The second kappa shape index (κ2) is 7.63. The molecule has 2 atom stereocenters. The van der Waals surface area contributed by atoms with Gasteiger partial charge in [-0.1, -0.05) is 6.92 Å². The Labute approximate surface area is 134 Å². The van der Waals surface area contributed by atoms with E-state index >= 15 is 0 Å². The highest BCUT2D eigenvalue weighted by Crippen LogP contribution is 2.20. The van der Waals surface area contributed by atoms with Crippen LogP contribution in [0.1, 0.15) is 26.1 Å². The fourth-order valence-corrected chi connectivity index (χ4v) is 3.10. The van der Waals surface area contributed by atoms with Crippen molar-refractivity contribution >= 4 is 0 Å². The van der Waals surface area contributed by atoms with Gasteiger partial charge in [0.25, 0.3) is 0 Å². The van der Waals surface area contributed by atoms with Gasteiger partial charge in [0.05, 0.1) is 12.6 Å². The van der Waals surface area contributed by atoms with Gasteiger partial charge < -0.3 is 9.67 Å². The fourth-order valence-electron chi connectivity index (χ4n) is 3.10. The Morgan fingerprint density at radius 3 is 2.74 bits per heavy atom. The molecule has 0 aromatic carbocycles. The molecule has 1 aromatic rings. The highest BCUT2D eigenvalue weighted by molar-refractivity contribution is 4.95. The van der Waals surface area contributed by atoms with Gasteiger partial charge in [-0.3, -0.25) is 9.80 Å². The molecule has 2 rings (SSSR count). The summed E-state index contributed by atoms with van der Waals surface area (Å²) in [5.74, 6) is 0.446. The molecule has 0 radical (unpaired) electrons. The number of aromatic nitrogens is 2. The van der Waals surface area contributed by atoms with Crippen molar-refractivity contribution in [2.75, 3.05) is 26.2 Å². The van der Waals surface area contributed by atoms with Crippen LogP contribution < -0.4 is 0 Å². The molecule has 1 aliphatic rings. The van der Waals surface area contributed by atoms with Crippen molar-refractivity contribution < 1.29 is 18.3 Å². The van der Waals surface area contributed by atoms with E-state index in [1.54, 1.807) is 6.92 Å². The molecule has 1 aromatic heterocycles. The molecule has 1 saturated heterocycles. The number of hydrogen-bond donors (Lipinski definition) is 1. The second-order valence-corrected chi connectivity index (χ2v) is 6.23. The van der Waals surface area contributed by atoms with Crippen LogP contribution in [0.4, 0.5) is 13.2 Å². The number of aliphatic hydroxyl groups excluding tert-OH is 1. The Balaban J connectivity index is 1.96. The molecular weight excluding hydrogens is 309 g/mol. The van der Waals surface area contributed by atoms with E-state index in [1.165, 1.54) is 17.0 Å². The molecular formula is C15H25F3N4O. The van der Waals surface area contributed by atoms with Crippen molar-refractivity contribution in [3.63, 3.8) is 0 Å². The molecule has 132 valence electrons. The minimum Gasteiger partial charge on any atom is -0.392 e. The van der Waals surface area contributed by atoms with E-state index in [4.69, 9.17) is 0 Å². The number of hydrogen-bond acceptors (Lipinski definition) is 4. The third-order valence-electron chi connectivity index (χ3n) is 4.18. The van der Waals surface area contributed by atoms with Crippen molar-refractivity contribution in [1.82, 2.24) is 19.4 Å². The van der Waals surface area contributed by atoms with Gasteiger partial charge in [-0.15, -0.1) is 0 Å². The second-order valence-electron chi connectivity index (χ2n) is 6.23. The van der Waals surface area contributed by atoms with Gasteiger partial charge in [0, 0.05) is 44.6 Å². The molecule has 23 heavy (non-hydrogen) atoms. The summed E-state index contributed by atoms with van der Waals surface area (Å²) in [5.41, 5.74) is 0. The van der Waals surface area contributed by atoms with Crippen LogP contribution in [-0.4, -0.2) is 69.0 Å². The van der Waals surface area contributed by atoms with Crippen LogP contribution in [0.3, 0.4) is 0 Å². The van der Waals surface area contributed by atoms with Crippen molar-refractivity contribution in [3.8, 4) is 0 Å². The maximum atomic E-state index is 12.6. The van der Waals surface area contributed by atoms with Crippen LogP contribution >= 0.6 is 0 Å². The van der Waals surface area contributed by atoms with Gasteiger partial charge in [0.1, 0.15) is 12.4 Å². The monoisotopic (exact) mass is 334 g/mol. The van der Waals surface area contributed by atoms with E-state index in [0.29, 0.717) is 25.0 Å². The zero-order chi connectivity index (χ0) is 17.0. The third kappa shape index (κ3) is 5.47. The number of alkyl halides is 3. The van der Waals surface area contributed by atoms with Gasteiger partial charge in [0.15, 0.2) is 0 Å². The van der Waals surface area contributed by atoms with E-state index < -0.39 is 12.7 Å². The van der Waals surface area contributed by atoms with E-state index in [9.17, 15) is 18.3 Å². The predicted octanol–water partition coefficient (Wildman–Crippen LogP) is 1.72. The molecule has 1 N–H and O–H groups in total. The van der Waals surface area contributed by atoms with Gasteiger partial charge in [-0.25, -0.2) is 4.98 Å². The summed E-state index contributed by atoms with van der Waals surface area (Å²) in [6, 6.07) is 0.310. The zero-order valence-corrected chi connectivity index (χ0v) is 13.6. The van der Waals surface area contributed by atoms with Crippen LogP contribution in [0, 0.1) is 0 Å². The number of aliphatic hydroxyl groups is 1. The van der Waals surface area contributed by atoms with Crippen LogP contribution in [0.25, 0.3) is 0 Å². The van der Waals surface area contributed by atoms with Crippen LogP contribution in [0.2, 0.25) is 0 Å². The SMILES string of the molecule is CC[C@H]1CN(Cc2nccn2CC(F)(F)F)CCN1C[C@@H](C)O. The van der Waals surface area contributed by atoms with Crippen LogP contribution in [0.15, 0.2) is 12.4 Å². The minimum atomic E-state index is -4.24. The maximum Gasteiger partial charge on any atom is 0.406 e. The molecule has 0 amide bonds. The summed E-state index contributed by atoms with van der Waals surface area (Å²) < 4.78 is 38.9. The normalized spacial score (nSPS) is 22.4. The maximum absolute atomic E-state index is 12.6. The lowest BCUT2D eigenvalue weighted by Gasteiger charge is -2.41. The quantitative estimate of drug-likeness (QED) is 0.860. The molecule has 5 nitrogen and oxygen atoms in total. The standard InChI is InChI=1S/C15H25F3N4O/c1-3-13-9-20(6-7-21(13)8-12(2)23)10-14-19-4-5-22(14)11-15(16,17)18/h4-5,12-13,23H,3,6-11H2,1-2H3/t12-,13+/m1/s1. The van der Waals surface area contributed by atoms with Crippen molar-refractivity contribution in [2.24, 2.45) is 0 Å². The highest BCUT2D eigenvalue weighted by Gasteiger charge is 2.30. The zero-order valence-electron chi connectivity index (χ0n) is 13.6. The molecule has 0 unspecified atom stereocenters. The summed E-state index contributed by atoms with van der Waals surface area (Å²) in [5, 5.41) is 9.56. The Morgan fingerprint density at radius 2 is 2.13 bits per heavy atom. The van der Waals surface area contributed by atoms with Crippen LogP contribution in [0.5, 0.6) is 0 Å². The first-order valence-electron chi connectivity index (χ1n) is 7.99. The summed E-state index contributed by atoms with van der Waals surface area (Å²) in [7, 11) is 0. The number of rotatable bonds is 6. The topological polar surface area (TPSA) is 44.5 Å². The van der Waals surface area contributed by atoms with Crippen molar-refractivity contribution in [3.05, 3.63) is 18.2 Å². The largest absolute Gasteiger partial charge is 0.406 e.